The van der Waals surface area contributed by atoms with Crippen molar-refractivity contribution >= 4 is 38.9 Å². The number of rotatable bonds is 8. The van der Waals surface area contributed by atoms with Crippen molar-refractivity contribution in [2.24, 2.45) is 0 Å². The van der Waals surface area contributed by atoms with Crippen LogP contribution in [0.5, 0.6) is 0 Å². The van der Waals surface area contributed by atoms with Crippen molar-refractivity contribution in [1.29, 1.82) is 0 Å². The summed E-state index contributed by atoms with van der Waals surface area (Å²) in [7, 11) is -2.14. The number of ether oxygens (including phenoxy) is 1. The first-order valence-corrected chi connectivity index (χ1v) is 8.43. The molecular formula is C10H16ClN3O4S2. The molecule has 0 atom stereocenters. The molecule has 7 nitrogen and oxygen atoms in total. The van der Waals surface area contributed by atoms with Crippen LogP contribution in [0.3, 0.4) is 0 Å². The second-order valence-electron chi connectivity index (χ2n) is 3.83. The molecular weight excluding hydrogens is 326 g/mol. The fraction of sp³-hybridized carbons (Fsp3) is 0.600. The molecule has 0 saturated heterocycles. The lowest BCUT2D eigenvalue weighted by atomic mass is 10.4. The largest absolute Gasteiger partial charge is 0.383 e. The number of hydrogen-bond donors (Lipinski definition) is 2. The van der Waals surface area contributed by atoms with Crippen LogP contribution in [-0.2, 0) is 19.6 Å². The van der Waals surface area contributed by atoms with E-state index in [4.69, 9.17) is 16.3 Å². The Bertz CT molecular complexity index is 559. The molecule has 0 bridgehead atoms. The smallest absolute Gasteiger partial charge is 0.251 e. The predicted molar refractivity (Wildman–Crippen MR) is 76.6 cm³/mol. The van der Waals surface area contributed by atoms with Gasteiger partial charge in [-0.1, -0.05) is 22.9 Å². The second-order valence-corrected chi connectivity index (χ2v) is 7.37. The normalized spacial score (nSPS) is 11.6. The van der Waals surface area contributed by atoms with Crippen molar-refractivity contribution in [3.8, 4) is 0 Å². The van der Waals surface area contributed by atoms with Crippen LogP contribution in [0.25, 0.3) is 0 Å². The van der Waals surface area contributed by atoms with Gasteiger partial charge in [0.05, 0.1) is 12.3 Å². The van der Waals surface area contributed by atoms with Crippen LogP contribution in [0.4, 0.5) is 0 Å². The third kappa shape index (κ3) is 5.33. The van der Waals surface area contributed by atoms with Gasteiger partial charge in [-0.3, -0.25) is 4.79 Å². The highest BCUT2D eigenvalue weighted by molar-refractivity contribution is 7.91. The van der Waals surface area contributed by atoms with Crippen LogP contribution in [0, 0.1) is 6.92 Å². The fourth-order valence-corrected chi connectivity index (χ4v) is 4.16. The van der Waals surface area contributed by atoms with E-state index in [1.807, 2.05) is 0 Å². The maximum Gasteiger partial charge on any atom is 0.251 e. The maximum absolute atomic E-state index is 12.0. The van der Waals surface area contributed by atoms with Crippen molar-refractivity contribution in [2.45, 2.75) is 17.6 Å². The molecule has 1 aromatic heterocycles. The highest BCUT2D eigenvalue weighted by Crippen LogP contribution is 2.26. The number of methoxy groups -OCH3 is 1. The first-order chi connectivity index (χ1) is 9.36. The predicted octanol–water partition coefficient (Wildman–Crippen LogP) is 0.536. The van der Waals surface area contributed by atoms with Gasteiger partial charge in [0.2, 0.25) is 5.91 Å². The first kappa shape index (κ1) is 17.3. The quantitative estimate of drug-likeness (QED) is 0.672. The number of sulfonamides is 1. The van der Waals surface area contributed by atoms with Gasteiger partial charge >= 0.3 is 0 Å². The zero-order valence-corrected chi connectivity index (χ0v) is 13.5. The molecule has 0 unspecified atom stereocenters. The number of nitrogens with zero attached hydrogens (tertiary/aromatic N) is 1. The highest BCUT2D eigenvalue weighted by Gasteiger charge is 2.21. The van der Waals surface area contributed by atoms with Crippen LogP contribution in [0.15, 0.2) is 4.21 Å². The Morgan fingerprint density at radius 1 is 1.45 bits per heavy atom. The van der Waals surface area contributed by atoms with Gasteiger partial charge < -0.3 is 10.1 Å². The average Bonchev–Trinajstić information content (AvgIpc) is 2.69. The van der Waals surface area contributed by atoms with Gasteiger partial charge in [-0.05, 0) is 6.92 Å². The summed E-state index contributed by atoms with van der Waals surface area (Å²) < 4.78 is 31.3. The maximum atomic E-state index is 12.0. The molecule has 0 aliphatic rings. The molecule has 0 aliphatic carbocycles. The van der Waals surface area contributed by atoms with Gasteiger partial charge in [-0.15, -0.1) is 0 Å². The van der Waals surface area contributed by atoms with E-state index in [0.29, 0.717) is 18.8 Å². The number of carbonyl (C=O) groups is 1. The van der Waals surface area contributed by atoms with Gasteiger partial charge in [0.1, 0.15) is 0 Å². The second kappa shape index (κ2) is 7.89. The summed E-state index contributed by atoms with van der Waals surface area (Å²) in [5.74, 6) is -0.246. The lowest BCUT2D eigenvalue weighted by Gasteiger charge is -2.06. The van der Waals surface area contributed by atoms with Crippen molar-refractivity contribution < 1.29 is 17.9 Å². The Morgan fingerprint density at radius 2 is 2.15 bits per heavy atom. The minimum atomic E-state index is -3.67. The molecule has 1 heterocycles. The molecule has 10 heteroatoms. The highest BCUT2D eigenvalue weighted by atomic mass is 35.5. The van der Waals surface area contributed by atoms with Gasteiger partial charge in [-0.2, -0.15) is 0 Å². The summed E-state index contributed by atoms with van der Waals surface area (Å²) >= 11 is 6.55. The Morgan fingerprint density at radius 3 is 2.70 bits per heavy atom. The summed E-state index contributed by atoms with van der Waals surface area (Å²) in [6.07, 6.45) is 0.0501. The standard InChI is InChI=1S/C10H16ClN3O4S2/c1-7-9(19-10(11)14-7)20(16,17)13-4-3-8(15)12-5-6-18-2/h13H,3-6H2,1-2H3,(H,12,15). The Kier molecular flexibility index (Phi) is 6.83. The number of amides is 1. The van der Waals surface area contributed by atoms with Crippen molar-refractivity contribution in [3.63, 3.8) is 0 Å². The molecule has 114 valence electrons. The zero-order chi connectivity index (χ0) is 15.2. The molecule has 1 amide bonds. The summed E-state index contributed by atoms with van der Waals surface area (Å²) in [5, 5.41) is 2.60. The minimum Gasteiger partial charge on any atom is -0.383 e. The fourth-order valence-electron chi connectivity index (χ4n) is 1.35. The van der Waals surface area contributed by atoms with Gasteiger partial charge in [0.25, 0.3) is 10.0 Å². The Labute approximate surface area is 126 Å². The van der Waals surface area contributed by atoms with Crippen LogP contribution >= 0.6 is 22.9 Å². The Hall–Kier alpha value is -0.740. The number of aromatic nitrogens is 1. The van der Waals surface area contributed by atoms with Crippen LogP contribution in [0.1, 0.15) is 12.1 Å². The monoisotopic (exact) mass is 341 g/mol. The van der Waals surface area contributed by atoms with E-state index in [2.05, 4.69) is 15.0 Å². The number of hydrogen-bond acceptors (Lipinski definition) is 6. The van der Waals surface area contributed by atoms with E-state index in [0.717, 1.165) is 11.3 Å². The lowest BCUT2D eigenvalue weighted by Crippen LogP contribution is -2.32. The molecule has 1 aromatic rings. The molecule has 0 saturated carbocycles. The van der Waals surface area contributed by atoms with E-state index in [9.17, 15) is 13.2 Å². The summed E-state index contributed by atoms with van der Waals surface area (Å²) in [5.41, 5.74) is 0.344. The summed E-state index contributed by atoms with van der Waals surface area (Å²) in [4.78, 5) is 15.2. The summed E-state index contributed by atoms with van der Waals surface area (Å²) in [6, 6.07) is 0. The number of aryl methyl sites for hydroxylation is 1. The minimum absolute atomic E-state index is 0.0100. The molecule has 1 rings (SSSR count). The van der Waals surface area contributed by atoms with Crippen molar-refractivity contribution in [3.05, 3.63) is 10.2 Å². The average molecular weight is 342 g/mol. The molecule has 2 N–H and O–H groups in total. The lowest BCUT2D eigenvalue weighted by molar-refractivity contribution is -0.121. The van der Waals surface area contributed by atoms with Crippen molar-refractivity contribution in [2.75, 3.05) is 26.8 Å². The number of carbonyl (C=O) groups excluding carboxylic acids is 1. The molecule has 0 aromatic carbocycles. The van der Waals surface area contributed by atoms with Crippen LogP contribution in [0.2, 0.25) is 4.47 Å². The van der Waals surface area contributed by atoms with E-state index in [1.165, 1.54) is 7.11 Å². The van der Waals surface area contributed by atoms with E-state index < -0.39 is 10.0 Å². The zero-order valence-electron chi connectivity index (χ0n) is 11.1. The number of thiazole rings is 1. The topological polar surface area (TPSA) is 97.4 Å². The van der Waals surface area contributed by atoms with Crippen molar-refractivity contribution in [1.82, 2.24) is 15.0 Å². The molecule has 0 radical (unpaired) electrons. The molecule has 0 fully saturated rings. The Balaban J connectivity index is 2.45. The van der Waals surface area contributed by atoms with Gasteiger partial charge in [0, 0.05) is 26.6 Å². The SMILES string of the molecule is COCCNC(=O)CCNS(=O)(=O)c1sc(Cl)nc1C. The molecule has 0 spiro atoms. The molecule has 0 aliphatic heterocycles. The summed E-state index contributed by atoms with van der Waals surface area (Å²) in [6.45, 7) is 2.38. The van der Waals surface area contributed by atoms with E-state index in [1.54, 1.807) is 6.92 Å². The first-order valence-electron chi connectivity index (χ1n) is 5.75. The third-order valence-electron chi connectivity index (χ3n) is 2.24. The van der Waals surface area contributed by atoms with E-state index in [-0.39, 0.29) is 27.5 Å². The van der Waals surface area contributed by atoms with Crippen LogP contribution < -0.4 is 10.0 Å². The molecule has 20 heavy (non-hydrogen) atoms. The van der Waals surface area contributed by atoms with E-state index >= 15 is 0 Å². The third-order valence-corrected chi connectivity index (χ3v) is 5.58. The van der Waals surface area contributed by atoms with Gasteiger partial charge in [-0.25, -0.2) is 18.1 Å². The number of nitrogens with one attached hydrogen (secondary N) is 2. The van der Waals surface area contributed by atoms with Gasteiger partial charge in [0.15, 0.2) is 8.68 Å². The number of halogens is 1. The van der Waals surface area contributed by atoms with Crippen LogP contribution in [-0.4, -0.2) is 46.1 Å².